The van der Waals surface area contributed by atoms with Gasteiger partial charge in [-0.2, -0.15) is 18.3 Å². The highest BCUT2D eigenvalue weighted by atomic mass is 19.4. The smallest absolute Gasteiger partial charge is 0.416 e. The Kier molecular flexibility index (Phi) is 8.10. The second-order valence-electron chi connectivity index (χ2n) is 8.82. The Labute approximate surface area is 188 Å². The van der Waals surface area contributed by atoms with Crippen molar-refractivity contribution in [3.63, 3.8) is 0 Å². The van der Waals surface area contributed by atoms with Gasteiger partial charge in [-0.05, 0) is 76.3 Å². The molecule has 0 radical (unpaired) electrons. The zero-order valence-electron chi connectivity index (χ0n) is 19.7. The van der Waals surface area contributed by atoms with E-state index in [9.17, 15) is 13.2 Å². The third-order valence-corrected chi connectivity index (χ3v) is 4.79. The molecule has 1 aromatic heterocycles. The molecule has 0 fully saturated rings. The van der Waals surface area contributed by atoms with Gasteiger partial charge in [-0.15, -0.1) is 0 Å². The summed E-state index contributed by atoms with van der Waals surface area (Å²) in [6, 6.07) is 6.23. The Morgan fingerprint density at radius 1 is 1.16 bits per heavy atom. The molecule has 1 heterocycles. The Balaban J connectivity index is 2.02. The van der Waals surface area contributed by atoms with E-state index in [-0.39, 0.29) is 5.60 Å². The molecule has 0 bridgehead atoms. The van der Waals surface area contributed by atoms with Gasteiger partial charge in [0.15, 0.2) is 5.82 Å². The van der Waals surface area contributed by atoms with E-state index in [1.807, 2.05) is 33.8 Å². The van der Waals surface area contributed by atoms with Crippen LogP contribution in [0.15, 0.2) is 48.6 Å². The molecule has 0 spiro atoms. The number of aryl methyl sites for hydroxylation is 4. The molecule has 0 saturated heterocycles. The summed E-state index contributed by atoms with van der Waals surface area (Å²) in [5, 5.41) is 4.35. The molecule has 0 saturated carbocycles. The maximum Gasteiger partial charge on any atom is 0.416 e. The normalized spacial score (nSPS) is 13.4. The zero-order chi connectivity index (χ0) is 24.1. The van der Waals surface area contributed by atoms with Crippen LogP contribution in [0.25, 0.3) is 5.57 Å². The van der Waals surface area contributed by atoms with Crippen LogP contribution in [0.4, 0.5) is 13.2 Å². The Hall–Kier alpha value is -2.83. The van der Waals surface area contributed by atoms with E-state index in [0.29, 0.717) is 17.8 Å². The summed E-state index contributed by atoms with van der Waals surface area (Å²) in [5.74, 6) is 2.10. The van der Waals surface area contributed by atoms with Crippen LogP contribution in [-0.2, 0) is 19.9 Å². The molecular formula is C25H32F3N3O. The molecule has 0 aliphatic rings. The highest BCUT2D eigenvalue weighted by Crippen LogP contribution is 2.27. The monoisotopic (exact) mass is 447 g/mol. The fourth-order valence-electron chi connectivity index (χ4n) is 3.13. The Morgan fingerprint density at radius 3 is 2.41 bits per heavy atom. The van der Waals surface area contributed by atoms with Gasteiger partial charge in [-0.3, -0.25) is 4.68 Å². The van der Waals surface area contributed by atoms with E-state index < -0.39 is 11.7 Å². The number of rotatable bonds is 8. The van der Waals surface area contributed by atoms with E-state index in [0.717, 1.165) is 42.1 Å². The molecule has 4 nitrogen and oxygen atoms in total. The molecule has 1 aromatic carbocycles. The van der Waals surface area contributed by atoms with Gasteiger partial charge in [0.2, 0.25) is 0 Å². The van der Waals surface area contributed by atoms with Gasteiger partial charge in [0.05, 0.1) is 5.57 Å². The molecule has 0 atom stereocenters. The van der Waals surface area contributed by atoms with E-state index >= 15 is 0 Å². The van der Waals surface area contributed by atoms with E-state index in [4.69, 9.17) is 4.74 Å². The number of hydrogen-bond donors (Lipinski definition) is 0. The van der Waals surface area contributed by atoms with Crippen LogP contribution < -0.4 is 4.74 Å². The van der Waals surface area contributed by atoms with Gasteiger partial charge < -0.3 is 4.74 Å². The van der Waals surface area contributed by atoms with Crippen LogP contribution in [0.1, 0.15) is 56.9 Å². The van der Waals surface area contributed by atoms with Crippen molar-refractivity contribution in [2.45, 2.75) is 65.7 Å². The lowest BCUT2D eigenvalue weighted by Gasteiger charge is -2.23. The standard InChI is InChI=1S/C25H32F3N3O/c1-8-20(25(26,27)28)14-12-17(2)23-29-22(31(7)30-23)11-9-10-19-13-15-21(18(3)16-19)32-24(4,5)6/h8,12-16H,1,9-11H2,2-7H3/b17-12+,20-14+. The number of halogens is 3. The van der Waals surface area contributed by atoms with E-state index in [2.05, 4.69) is 28.8 Å². The highest BCUT2D eigenvalue weighted by molar-refractivity contribution is 5.59. The lowest BCUT2D eigenvalue weighted by molar-refractivity contribution is -0.0881. The zero-order valence-corrected chi connectivity index (χ0v) is 19.7. The maximum absolute atomic E-state index is 12.8. The third-order valence-electron chi connectivity index (χ3n) is 4.79. The average Bonchev–Trinajstić information content (AvgIpc) is 3.03. The first-order valence-electron chi connectivity index (χ1n) is 10.6. The molecule has 0 aliphatic heterocycles. The van der Waals surface area contributed by atoms with Crippen molar-refractivity contribution >= 4 is 5.57 Å². The molecule has 0 N–H and O–H groups in total. The van der Waals surface area contributed by atoms with Crippen molar-refractivity contribution < 1.29 is 17.9 Å². The molecule has 7 heteroatoms. The fraction of sp³-hybridized carbons (Fsp3) is 0.440. The summed E-state index contributed by atoms with van der Waals surface area (Å²) >= 11 is 0. The lowest BCUT2D eigenvalue weighted by atomic mass is 10.0. The van der Waals surface area contributed by atoms with Crippen LogP contribution in [0.2, 0.25) is 0 Å². The average molecular weight is 448 g/mol. The van der Waals surface area contributed by atoms with Gasteiger partial charge in [0, 0.05) is 13.5 Å². The van der Waals surface area contributed by atoms with Crippen LogP contribution in [0.3, 0.4) is 0 Å². The number of hydrogen-bond acceptors (Lipinski definition) is 3. The highest BCUT2D eigenvalue weighted by Gasteiger charge is 2.30. The second kappa shape index (κ2) is 10.2. The first kappa shape index (κ1) is 25.4. The molecule has 2 rings (SSSR count). The summed E-state index contributed by atoms with van der Waals surface area (Å²) in [4.78, 5) is 4.51. The number of allylic oxidation sites excluding steroid dienone is 5. The van der Waals surface area contributed by atoms with Crippen molar-refractivity contribution in [2.75, 3.05) is 0 Å². The summed E-state index contributed by atoms with van der Waals surface area (Å²) in [7, 11) is 1.79. The van der Waals surface area contributed by atoms with Crippen molar-refractivity contribution in [2.24, 2.45) is 7.05 Å². The van der Waals surface area contributed by atoms with Crippen molar-refractivity contribution in [3.05, 3.63) is 71.4 Å². The van der Waals surface area contributed by atoms with Gasteiger partial charge in [0.1, 0.15) is 17.2 Å². The molecule has 0 unspecified atom stereocenters. The van der Waals surface area contributed by atoms with E-state index in [1.54, 1.807) is 18.7 Å². The minimum absolute atomic E-state index is 0.239. The predicted molar refractivity (Wildman–Crippen MR) is 123 cm³/mol. The first-order valence-corrected chi connectivity index (χ1v) is 10.6. The quantitative estimate of drug-likeness (QED) is 0.431. The van der Waals surface area contributed by atoms with Crippen molar-refractivity contribution in [1.29, 1.82) is 0 Å². The number of nitrogens with zero attached hydrogens (tertiary/aromatic N) is 3. The van der Waals surface area contributed by atoms with E-state index in [1.165, 1.54) is 11.6 Å². The SMILES string of the molecule is C=C/C(=C\C=C(/C)c1nc(CCCc2ccc(OC(C)(C)C)c(C)c2)n(C)n1)C(F)(F)F. The molecular weight excluding hydrogens is 415 g/mol. The van der Waals surface area contributed by atoms with Crippen LogP contribution in [0.5, 0.6) is 5.75 Å². The van der Waals surface area contributed by atoms with Gasteiger partial charge in [-0.1, -0.05) is 30.9 Å². The first-order chi connectivity index (χ1) is 14.8. The topological polar surface area (TPSA) is 39.9 Å². The molecule has 2 aromatic rings. The summed E-state index contributed by atoms with van der Waals surface area (Å²) in [5.41, 5.74) is 1.83. The van der Waals surface area contributed by atoms with Crippen molar-refractivity contribution in [1.82, 2.24) is 14.8 Å². The molecule has 174 valence electrons. The molecule has 0 aliphatic carbocycles. The molecule has 0 amide bonds. The predicted octanol–water partition coefficient (Wildman–Crippen LogP) is 6.55. The van der Waals surface area contributed by atoms with Gasteiger partial charge in [-0.25, -0.2) is 4.98 Å². The van der Waals surface area contributed by atoms with Crippen molar-refractivity contribution in [3.8, 4) is 5.75 Å². The minimum Gasteiger partial charge on any atom is -0.488 e. The minimum atomic E-state index is -4.43. The van der Waals surface area contributed by atoms with Crippen LogP contribution in [0, 0.1) is 6.92 Å². The summed E-state index contributed by atoms with van der Waals surface area (Å²) < 4.78 is 46.1. The third kappa shape index (κ3) is 7.39. The number of alkyl halides is 3. The number of benzene rings is 1. The second-order valence-corrected chi connectivity index (χ2v) is 8.82. The Bertz CT molecular complexity index is 1010. The fourth-order valence-corrected chi connectivity index (χ4v) is 3.13. The Morgan fingerprint density at radius 2 is 1.84 bits per heavy atom. The summed E-state index contributed by atoms with van der Waals surface area (Å²) in [6.45, 7) is 13.0. The number of ether oxygens (including phenoxy) is 1. The largest absolute Gasteiger partial charge is 0.488 e. The molecule has 32 heavy (non-hydrogen) atoms. The maximum atomic E-state index is 12.8. The van der Waals surface area contributed by atoms with Crippen LogP contribution in [-0.4, -0.2) is 26.5 Å². The van der Waals surface area contributed by atoms with Crippen LogP contribution >= 0.6 is 0 Å². The van der Waals surface area contributed by atoms with Gasteiger partial charge >= 0.3 is 6.18 Å². The summed E-state index contributed by atoms with van der Waals surface area (Å²) in [6.07, 6.45) is 1.20. The number of aromatic nitrogens is 3. The lowest BCUT2D eigenvalue weighted by Crippen LogP contribution is -2.23. The van der Waals surface area contributed by atoms with Gasteiger partial charge in [0.25, 0.3) is 0 Å².